The molecule has 4 nitrogen and oxygen atoms in total. The number of hydrogen-bond donors (Lipinski definition) is 2. The van der Waals surface area contributed by atoms with Gasteiger partial charge in [-0.3, -0.25) is 0 Å². The molecule has 1 aliphatic rings. The number of sulfonamides is 1. The van der Waals surface area contributed by atoms with Crippen LogP contribution in [0, 0.1) is 5.82 Å². The molecule has 2 N–H and O–H groups in total. The zero-order valence-corrected chi connectivity index (χ0v) is 10.1. The number of benzene rings is 1. The van der Waals surface area contributed by atoms with Gasteiger partial charge in [-0.15, -0.1) is 0 Å². The first-order valence-corrected chi connectivity index (χ1v) is 7.06. The van der Waals surface area contributed by atoms with Crippen LogP contribution in [0.15, 0.2) is 24.3 Å². The lowest BCUT2D eigenvalue weighted by Gasteiger charge is -2.11. The number of rotatable bonds is 4. The van der Waals surface area contributed by atoms with Gasteiger partial charge >= 0.3 is 0 Å². The Morgan fingerprint density at radius 1 is 1.35 bits per heavy atom. The van der Waals surface area contributed by atoms with Crippen molar-refractivity contribution in [1.82, 2.24) is 10.0 Å². The summed E-state index contributed by atoms with van der Waals surface area (Å²) in [5, 5.41) is 2.66. The largest absolute Gasteiger partial charge is 0.315 e. The highest BCUT2D eigenvalue weighted by atomic mass is 32.2. The maximum atomic E-state index is 12.7. The highest BCUT2D eigenvalue weighted by molar-refractivity contribution is 7.90. The van der Waals surface area contributed by atoms with Gasteiger partial charge < -0.3 is 5.32 Å². The van der Waals surface area contributed by atoms with Crippen LogP contribution in [0.1, 0.15) is 12.0 Å². The standard InChI is InChI=1S/C11H15FN2O2S/c12-10-3-1-9(2-4-10)7-14-17(15,16)11-5-6-13-8-11/h1-4,11,13-14H,5-8H2. The SMILES string of the molecule is O=S(=O)(NCc1ccc(F)cc1)C1CCNC1. The molecule has 1 heterocycles. The first kappa shape index (κ1) is 12.5. The summed E-state index contributed by atoms with van der Waals surface area (Å²) in [6.07, 6.45) is 0.638. The van der Waals surface area contributed by atoms with Crippen molar-refractivity contribution >= 4 is 10.0 Å². The van der Waals surface area contributed by atoms with Crippen LogP contribution in [0.2, 0.25) is 0 Å². The zero-order valence-electron chi connectivity index (χ0n) is 9.32. The molecule has 1 aromatic carbocycles. The summed E-state index contributed by atoms with van der Waals surface area (Å²) in [5.41, 5.74) is 0.751. The smallest absolute Gasteiger partial charge is 0.216 e. The van der Waals surface area contributed by atoms with Gasteiger partial charge in [0.2, 0.25) is 10.0 Å². The monoisotopic (exact) mass is 258 g/mol. The van der Waals surface area contributed by atoms with Gasteiger partial charge in [0.15, 0.2) is 0 Å². The second kappa shape index (κ2) is 5.12. The molecule has 1 unspecified atom stereocenters. The Morgan fingerprint density at radius 2 is 2.06 bits per heavy atom. The van der Waals surface area contributed by atoms with Crippen LogP contribution >= 0.6 is 0 Å². The van der Waals surface area contributed by atoms with E-state index in [1.54, 1.807) is 12.1 Å². The van der Waals surface area contributed by atoms with Crippen LogP contribution in [-0.4, -0.2) is 26.8 Å². The Bertz CT molecular complexity index is 467. The van der Waals surface area contributed by atoms with Gasteiger partial charge in [0.25, 0.3) is 0 Å². The molecule has 2 rings (SSSR count). The minimum atomic E-state index is -3.27. The van der Waals surface area contributed by atoms with Crippen molar-refractivity contribution in [2.75, 3.05) is 13.1 Å². The van der Waals surface area contributed by atoms with Crippen molar-refractivity contribution in [2.24, 2.45) is 0 Å². The third-order valence-electron chi connectivity index (χ3n) is 2.84. The molecule has 0 aromatic heterocycles. The van der Waals surface area contributed by atoms with E-state index in [-0.39, 0.29) is 17.6 Å². The van der Waals surface area contributed by atoms with E-state index in [1.165, 1.54) is 12.1 Å². The van der Waals surface area contributed by atoms with Gasteiger partial charge in [0.1, 0.15) is 5.82 Å². The fraction of sp³-hybridized carbons (Fsp3) is 0.455. The molecular formula is C11H15FN2O2S. The normalized spacial score (nSPS) is 20.6. The van der Waals surface area contributed by atoms with Crippen LogP contribution in [0.4, 0.5) is 4.39 Å². The van der Waals surface area contributed by atoms with Crippen molar-refractivity contribution in [2.45, 2.75) is 18.2 Å². The molecular weight excluding hydrogens is 243 g/mol. The van der Waals surface area contributed by atoms with Crippen molar-refractivity contribution in [3.63, 3.8) is 0 Å². The van der Waals surface area contributed by atoms with Crippen LogP contribution in [0.5, 0.6) is 0 Å². The van der Waals surface area contributed by atoms with Crippen LogP contribution in [0.25, 0.3) is 0 Å². The molecule has 94 valence electrons. The van der Waals surface area contributed by atoms with E-state index in [2.05, 4.69) is 10.0 Å². The first-order valence-electron chi connectivity index (χ1n) is 5.51. The molecule has 1 aliphatic heterocycles. The van der Waals surface area contributed by atoms with Gasteiger partial charge in [0, 0.05) is 13.1 Å². The quantitative estimate of drug-likeness (QED) is 0.832. The summed E-state index contributed by atoms with van der Waals surface area (Å²) >= 11 is 0. The maximum Gasteiger partial charge on any atom is 0.216 e. The molecule has 0 amide bonds. The zero-order chi connectivity index (χ0) is 12.3. The van der Waals surface area contributed by atoms with Crippen molar-refractivity contribution in [3.05, 3.63) is 35.6 Å². The molecule has 0 bridgehead atoms. The molecule has 0 aliphatic carbocycles. The van der Waals surface area contributed by atoms with Crippen LogP contribution in [0.3, 0.4) is 0 Å². The van der Waals surface area contributed by atoms with Gasteiger partial charge in [-0.1, -0.05) is 12.1 Å². The Labute approximate surface area is 100 Å². The average Bonchev–Trinajstić information content (AvgIpc) is 2.82. The fourth-order valence-corrected chi connectivity index (χ4v) is 3.17. The Kier molecular flexibility index (Phi) is 3.76. The number of halogens is 1. The molecule has 17 heavy (non-hydrogen) atoms. The molecule has 1 saturated heterocycles. The van der Waals surface area contributed by atoms with E-state index >= 15 is 0 Å². The summed E-state index contributed by atoms with van der Waals surface area (Å²) in [4.78, 5) is 0. The van der Waals surface area contributed by atoms with E-state index in [0.717, 1.165) is 12.1 Å². The Hall–Kier alpha value is -0.980. The van der Waals surface area contributed by atoms with Gasteiger partial charge in [-0.25, -0.2) is 17.5 Å². The van der Waals surface area contributed by atoms with E-state index in [9.17, 15) is 12.8 Å². The predicted molar refractivity (Wildman–Crippen MR) is 63.4 cm³/mol. The summed E-state index contributed by atoms with van der Waals surface area (Å²) < 4.78 is 38.9. The molecule has 0 spiro atoms. The van der Waals surface area contributed by atoms with Gasteiger partial charge in [-0.2, -0.15) is 0 Å². The Balaban J connectivity index is 1.95. The third-order valence-corrected chi connectivity index (χ3v) is 4.67. The minimum absolute atomic E-state index is 0.207. The van der Waals surface area contributed by atoms with E-state index < -0.39 is 10.0 Å². The van der Waals surface area contributed by atoms with Crippen LogP contribution < -0.4 is 10.0 Å². The topological polar surface area (TPSA) is 58.2 Å². The molecule has 1 atom stereocenters. The summed E-state index contributed by atoms with van der Waals surface area (Å²) in [6.45, 7) is 1.44. The second-order valence-corrected chi connectivity index (χ2v) is 6.15. The van der Waals surface area contributed by atoms with E-state index in [1.807, 2.05) is 0 Å². The fourth-order valence-electron chi connectivity index (χ4n) is 1.80. The van der Waals surface area contributed by atoms with Crippen molar-refractivity contribution in [3.8, 4) is 0 Å². The van der Waals surface area contributed by atoms with E-state index in [0.29, 0.717) is 13.0 Å². The number of hydrogen-bond acceptors (Lipinski definition) is 3. The second-order valence-electron chi connectivity index (χ2n) is 4.11. The third kappa shape index (κ3) is 3.24. The summed E-state index contributed by atoms with van der Waals surface area (Å²) in [5.74, 6) is -0.323. The van der Waals surface area contributed by atoms with Crippen molar-refractivity contribution in [1.29, 1.82) is 0 Å². The molecule has 1 fully saturated rings. The van der Waals surface area contributed by atoms with Crippen LogP contribution in [-0.2, 0) is 16.6 Å². The Morgan fingerprint density at radius 3 is 2.65 bits per heavy atom. The van der Waals surface area contributed by atoms with Gasteiger partial charge in [-0.05, 0) is 30.7 Å². The number of nitrogens with one attached hydrogen (secondary N) is 2. The lowest BCUT2D eigenvalue weighted by molar-refractivity contribution is 0.567. The summed E-state index contributed by atoms with van der Waals surface area (Å²) in [6, 6.07) is 5.79. The highest BCUT2D eigenvalue weighted by Gasteiger charge is 2.27. The van der Waals surface area contributed by atoms with Gasteiger partial charge in [0.05, 0.1) is 5.25 Å². The minimum Gasteiger partial charge on any atom is -0.315 e. The maximum absolute atomic E-state index is 12.7. The molecule has 1 aromatic rings. The molecule has 0 radical (unpaired) electrons. The highest BCUT2D eigenvalue weighted by Crippen LogP contribution is 2.09. The lowest BCUT2D eigenvalue weighted by atomic mass is 10.2. The van der Waals surface area contributed by atoms with Crippen molar-refractivity contribution < 1.29 is 12.8 Å². The predicted octanol–water partition coefficient (Wildman–Crippen LogP) is 0.607. The summed E-state index contributed by atoms with van der Waals surface area (Å²) in [7, 11) is -3.27. The lowest BCUT2D eigenvalue weighted by Crippen LogP contribution is -2.35. The molecule has 6 heteroatoms. The first-order chi connectivity index (χ1) is 8.08. The average molecular weight is 258 g/mol. The van der Waals surface area contributed by atoms with E-state index in [4.69, 9.17) is 0 Å². The molecule has 0 saturated carbocycles.